The number of nitrogens with one attached hydrogen (secondary N) is 1. The van der Waals surface area contributed by atoms with Gasteiger partial charge in [-0.05, 0) is 19.1 Å². The molecule has 1 heterocycles. The lowest BCUT2D eigenvalue weighted by atomic mass is 10.3. The molecule has 1 N–H and O–H groups in total. The van der Waals surface area contributed by atoms with Crippen LogP contribution in [0.4, 0.5) is 9.93 Å². The first-order valence-electron chi connectivity index (χ1n) is 4.70. The molecule has 0 saturated heterocycles. The molecule has 16 heavy (non-hydrogen) atoms. The predicted molar refractivity (Wildman–Crippen MR) is 62.9 cm³/mol. The first kappa shape index (κ1) is 10.6. The van der Waals surface area contributed by atoms with Crippen molar-refractivity contribution in [3.8, 4) is 5.75 Å². The van der Waals surface area contributed by atoms with Gasteiger partial charge in [0, 0.05) is 11.1 Å². The number of thiazole rings is 1. The molecule has 0 aliphatic rings. The fourth-order valence-electron chi connectivity index (χ4n) is 1.12. The molecule has 0 unspecified atom stereocenters. The zero-order valence-electron chi connectivity index (χ0n) is 8.64. The molecule has 1 amide bonds. The highest BCUT2D eigenvalue weighted by molar-refractivity contribution is 7.15. The van der Waals surface area contributed by atoms with Crippen molar-refractivity contribution in [3.05, 3.63) is 41.4 Å². The Morgan fingerprint density at radius 2 is 2.12 bits per heavy atom. The van der Waals surface area contributed by atoms with Gasteiger partial charge in [-0.3, -0.25) is 5.32 Å². The zero-order chi connectivity index (χ0) is 11.4. The van der Waals surface area contributed by atoms with Gasteiger partial charge in [-0.15, -0.1) is 11.3 Å². The summed E-state index contributed by atoms with van der Waals surface area (Å²) in [5.74, 6) is 0.508. The number of benzene rings is 1. The minimum atomic E-state index is -0.527. The standard InChI is InChI=1S/C11H10N2O2S/c1-8-7-12-10(16-8)13-11(14)15-9-5-3-2-4-6-9/h2-7H,1H3,(H,12,13,14). The summed E-state index contributed by atoms with van der Waals surface area (Å²) in [7, 11) is 0. The van der Waals surface area contributed by atoms with Gasteiger partial charge in [0.15, 0.2) is 5.13 Å². The van der Waals surface area contributed by atoms with Crippen LogP contribution < -0.4 is 10.1 Å². The second kappa shape index (κ2) is 4.76. The highest BCUT2D eigenvalue weighted by Crippen LogP contribution is 2.17. The minimum absolute atomic E-state index is 0.508. The smallest absolute Gasteiger partial charge is 0.410 e. The largest absolute Gasteiger partial charge is 0.418 e. The van der Waals surface area contributed by atoms with Gasteiger partial charge in [0.2, 0.25) is 0 Å². The highest BCUT2D eigenvalue weighted by atomic mass is 32.1. The SMILES string of the molecule is Cc1cnc(NC(=O)Oc2ccccc2)s1. The van der Waals surface area contributed by atoms with Crippen LogP contribution >= 0.6 is 11.3 Å². The number of hydrogen-bond acceptors (Lipinski definition) is 4. The molecule has 5 heteroatoms. The number of aromatic nitrogens is 1. The van der Waals surface area contributed by atoms with Gasteiger partial charge in [-0.25, -0.2) is 9.78 Å². The van der Waals surface area contributed by atoms with Crippen LogP contribution in [-0.4, -0.2) is 11.1 Å². The van der Waals surface area contributed by atoms with Crippen LogP contribution in [0.15, 0.2) is 36.5 Å². The predicted octanol–water partition coefficient (Wildman–Crippen LogP) is 3.06. The van der Waals surface area contributed by atoms with Gasteiger partial charge in [-0.2, -0.15) is 0 Å². The monoisotopic (exact) mass is 234 g/mol. The van der Waals surface area contributed by atoms with Crippen LogP contribution in [0.3, 0.4) is 0 Å². The summed E-state index contributed by atoms with van der Waals surface area (Å²) >= 11 is 1.40. The topological polar surface area (TPSA) is 51.2 Å². The number of para-hydroxylation sites is 1. The molecular formula is C11H10N2O2S. The summed E-state index contributed by atoms with van der Waals surface area (Å²) in [6, 6.07) is 8.89. The zero-order valence-corrected chi connectivity index (χ0v) is 9.45. The summed E-state index contributed by atoms with van der Waals surface area (Å²) < 4.78 is 5.04. The van der Waals surface area contributed by atoms with Crippen molar-refractivity contribution in [1.82, 2.24) is 4.98 Å². The molecule has 2 aromatic rings. The Bertz CT molecular complexity index is 482. The third-order valence-electron chi connectivity index (χ3n) is 1.78. The number of hydrogen-bond donors (Lipinski definition) is 1. The number of nitrogens with zero attached hydrogens (tertiary/aromatic N) is 1. The number of aryl methyl sites for hydroxylation is 1. The Morgan fingerprint density at radius 1 is 1.38 bits per heavy atom. The molecule has 0 atom stereocenters. The Kier molecular flexibility index (Phi) is 3.16. The molecule has 2 rings (SSSR count). The summed E-state index contributed by atoms with van der Waals surface area (Å²) in [6.07, 6.45) is 1.17. The van der Waals surface area contributed by atoms with E-state index in [4.69, 9.17) is 4.74 Å². The molecule has 82 valence electrons. The molecule has 1 aromatic heterocycles. The second-order valence-electron chi connectivity index (χ2n) is 3.10. The quantitative estimate of drug-likeness (QED) is 0.868. The van der Waals surface area contributed by atoms with Crippen molar-refractivity contribution < 1.29 is 9.53 Å². The van der Waals surface area contributed by atoms with E-state index in [0.717, 1.165) is 4.88 Å². The Hall–Kier alpha value is -1.88. The number of carbonyl (C=O) groups is 1. The van der Waals surface area contributed by atoms with Crippen LogP contribution in [0, 0.1) is 6.92 Å². The van der Waals surface area contributed by atoms with Gasteiger partial charge in [0.05, 0.1) is 0 Å². The number of amides is 1. The molecule has 4 nitrogen and oxygen atoms in total. The van der Waals surface area contributed by atoms with Gasteiger partial charge in [0.1, 0.15) is 5.75 Å². The number of carbonyl (C=O) groups excluding carboxylic acids is 1. The first-order chi connectivity index (χ1) is 7.74. The summed E-state index contributed by atoms with van der Waals surface area (Å²) in [6.45, 7) is 1.92. The average Bonchev–Trinajstić information content (AvgIpc) is 2.65. The van der Waals surface area contributed by atoms with Gasteiger partial charge >= 0.3 is 6.09 Å². The minimum Gasteiger partial charge on any atom is -0.410 e. The Morgan fingerprint density at radius 3 is 2.75 bits per heavy atom. The highest BCUT2D eigenvalue weighted by Gasteiger charge is 2.06. The van der Waals surface area contributed by atoms with E-state index in [1.807, 2.05) is 13.0 Å². The van der Waals surface area contributed by atoms with Crippen molar-refractivity contribution in [2.75, 3.05) is 5.32 Å². The van der Waals surface area contributed by atoms with Crippen molar-refractivity contribution in [2.24, 2.45) is 0 Å². The van der Waals surface area contributed by atoms with E-state index in [9.17, 15) is 4.79 Å². The lowest BCUT2D eigenvalue weighted by molar-refractivity contribution is 0.215. The van der Waals surface area contributed by atoms with E-state index >= 15 is 0 Å². The van der Waals surface area contributed by atoms with Crippen LogP contribution in [0.1, 0.15) is 4.88 Å². The maximum Gasteiger partial charge on any atom is 0.418 e. The van der Waals surface area contributed by atoms with Crippen molar-refractivity contribution in [1.29, 1.82) is 0 Å². The number of rotatable bonds is 2. The Labute approximate surface area is 96.9 Å². The third-order valence-corrected chi connectivity index (χ3v) is 2.61. The normalized spacial score (nSPS) is 9.81. The van der Waals surface area contributed by atoms with Crippen molar-refractivity contribution in [3.63, 3.8) is 0 Å². The second-order valence-corrected chi connectivity index (χ2v) is 4.34. The maximum atomic E-state index is 11.4. The molecule has 0 spiro atoms. The molecule has 0 aliphatic carbocycles. The van der Waals surface area contributed by atoms with E-state index in [1.54, 1.807) is 30.5 Å². The number of anilines is 1. The van der Waals surface area contributed by atoms with E-state index < -0.39 is 6.09 Å². The van der Waals surface area contributed by atoms with Gasteiger partial charge < -0.3 is 4.74 Å². The van der Waals surface area contributed by atoms with Crippen LogP contribution in [0.5, 0.6) is 5.75 Å². The molecule has 1 aromatic carbocycles. The maximum absolute atomic E-state index is 11.4. The van der Waals surface area contributed by atoms with Crippen LogP contribution in [-0.2, 0) is 0 Å². The molecule has 0 radical (unpaired) electrons. The first-order valence-corrected chi connectivity index (χ1v) is 5.52. The molecule has 0 saturated carbocycles. The van der Waals surface area contributed by atoms with Gasteiger partial charge in [0.25, 0.3) is 0 Å². The third kappa shape index (κ3) is 2.80. The molecular weight excluding hydrogens is 224 g/mol. The average molecular weight is 234 g/mol. The van der Waals surface area contributed by atoms with Crippen LogP contribution in [0.25, 0.3) is 0 Å². The van der Waals surface area contributed by atoms with Gasteiger partial charge in [-0.1, -0.05) is 18.2 Å². The van der Waals surface area contributed by atoms with E-state index in [2.05, 4.69) is 10.3 Å². The van der Waals surface area contributed by atoms with Crippen LogP contribution in [0.2, 0.25) is 0 Å². The van der Waals surface area contributed by atoms with Crippen molar-refractivity contribution >= 4 is 22.6 Å². The molecule has 0 aliphatic heterocycles. The van der Waals surface area contributed by atoms with Crippen molar-refractivity contribution in [2.45, 2.75) is 6.92 Å². The fraction of sp³-hybridized carbons (Fsp3) is 0.0909. The lowest BCUT2D eigenvalue weighted by Crippen LogP contribution is -2.16. The fourth-order valence-corrected chi connectivity index (χ4v) is 1.77. The summed E-state index contributed by atoms with van der Waals surface area (Å²) in [4.78, 5) is 16.5. The summed E-state index contributed by atoms with van der Waals surface area (Å²) in [5.41, 5.74) is 0. The van der Waals surface area contributed by atoms with E-state index in [-0.39, 0.29) is 0 Å². The van der Waals surface area contributed by atoms with E-state index in [1.165, 1.54) is 11.3 Å². The molecule has 0 fully saturated rings. The summed E-state index contributed by atoms with van der Waals surface area (Å²) in [5, 5.41) is 3.10. The Balaban J connectivity index is 1.95. The lowest BCUT2D eigenvalue weighted by Gasteiger charge is -2.03. The molecule has 0 bridgehead atoms. The number of ether oxygens (including phenoxy) is 1. The van der Waals surface area contributed by atoms with E-state index in [0.29, 0.717) is 10.9 Å².